The quantitative estimate of drug-likeness (QED) is 0.620. The van der Waals surface area contributed by atoms with E-state index in [1.54, 1.807) is 6.92 Å². The largest absolute Gasteiger partial charge is 0.389 e. The highest BCUT2D eigenvalue weighted by Gasteiger charge is 2.31. The number of aryl methyl sites for hydroxylation is 1. The number of nitrogens with one attached hydrogen (secondary N) is 1. The van der Waals surface area contributed by atoms with Gasteiger partial charge in [-0.25, -0.2) is 4.98 Å². The molecule has 0 aromatic carbocycles. The van der Waals surface area contributed by atoms with E-state index in [9.17, 15) is 9.90 Å². The zero-order valence-corrected chi connectivity index (χ0v) is 10.1. The van der Waals surface area contributed by atoms with Crippen molar-refractivity contribution in [2.24, 2.45) is 0 Å². The van der Waals surface area contributed by atoms with Crippen molar-refractivity contribution in [2.45, 2.75) is 43.4 Å². The molecule has 1 aromatic rings. The Labute approximate surface area is 98.5 Å². The van der Waals surface area contributed by atoms with E-state index in [0.717, 1.165) is 25.7 Å². The van der Waals surface area contributed by atoms with Crippen LogP contribution in [0.4, 0.5) is 0 Å². The monoisotopic (exact) mass is 240 g/mol. The predicted molar refractivity (Wildman–Crippen MR) is 63.7 cm³/mol. The van der Waals surface area contributed by atoms with Crippen molar-refractivity contribution in [1.82, 2.24) is 9.97 Å². The summed E-state index contributed by atoms with van der Waals surface area (Å²) in [4.78, 5) is 18.1. The van der Waals surface area contributed by atoms with Crippen LogP contribution < -0.4 is 5.56 Å². The maximum Gasteiger partial charge on any atom is 0.251 e. The zero-order valence-electron chi connectivity index (χ0n) is 9.32. The van der Waals surface area contributed by atoms with E-state index in [1.165, 1.54) is 17.8 Å². The van der Waals surface area contributed by atoms with Crippen LogP contribution in [0.1, 0.15) is 31.4 Å². The molecule has 1 heterocycles. The van der Waals surface area contributed by atoms with E-state index >= 15 is 0 Å². The molecule has 0 atom stereocenters. The van der Waals surface area contributed by atoms with E-state index in [-0.39, 0.29) is 5.56 Å². The average molecular weight is 240 g/mol. The molecular formula is C11H16N2O2S. The van der Waals surface area contributed by atoms with Crippen molar-refractivity contribution >= 4 is 11.8 Å². The number of H-pyrrole nitrogens is 1. The molecule has 4 nitrogen and oxygen atoms in total. The van der Waals surface area contributed by atoms with E-state index in [2.05, 4.69) is 9.97 Å². The van der Waals surface area contributed by atoms with Gasteiger partial charge in [0.05, 0.1) is 5.60 Å². The molecule has 1 aromatic heterocycles. The van der Waals surface area contributed by atoms with Crippen LogP contribution in [0.15, 0.2) is 16.0 Å². The molecule has 0 saturated heterocycles. The smallest absolute Gasteiger partial charge is 0.251 e. The van der Waals surface area contributed by atoms with Crippen molar-refractivity contribution in [3.8, 4) is 0 Å². The van der Waals surface area contributed by atoms with Crippen LogP contribution in [-0.4, -0.2) is 26.4 Å². The Morgan fingerprint density at radius 3 is 2.88 bits per heavy atom. The normalized spacial score (nSPS) is 18.9. The Kier molecular flexibility index (Phi) is 3.35. The van der Waals surface area contributed by atoms with E-state index < -0.39 is 5.60 Å². The highest BCUT2D eigenvalue weighted by atomic mass is 32.2. The van der Waals surface area contributed by atoms with Gasteiger partial charge in [0.2, 0.25) is 0 Å². The lowest BCUT2D eigenvalue weighted by Gasteiger charge is -2.20. The molecule has 0 amide bonds. The molecule has 2 N–H and O–H groups in total. The number of aliphatic hydroxyl groups is 1. The first kappa shape index (κ1) is 11.7. The molecule has 1 fully saturated rings. The molecule has 0 aliphatic heterocycles. The number of rotatable bonds is 3. The van der Waals surface area contributed by atoms with Crippen LogP contribution in [0.2, 0.25) is 0 Å². The SMILES string of the molecule is Cc1cc(=O)[nH]c(SCC2(O)CCCC2)n1. The van der Waals surface area contributed by atoms with Crippen LogP contribution >= 0.6 is 11.8 Å². The molecule has 16 heavy (non-hydrogen) atoms. The number of hydrogen-bond acceptors (Lipinski definition) is 4. The summed E-state index contributed by atoms with van der Waals surface area (Å²) >= 11 is 1.43. The number of nitrogens with zero attached hydrogens (tertiary/aromatic N) is 1. The maximum atomic E-state index is 11.2. The van der Waals surface area contributed by atoms with Crippen molar-refractivity contribution in [2.75, 3.05) is 5.75 Å². The first-order valence-corrected chi connectivity index (χ1v) is 6.49. The fourth-order valence-corrected chi connectivity index (χ4v) is 3.08. The van der Waals surface area contributed by atoms with Crippen molar-refractivity contribution in [3.63, 3.8) is 0 Å². The minimum Gasteiger partial charge on any atom is -0.389 e. The number of thioether (sulfide) groups is 1. The van der Waals surface area contributed by atoms with Crippen LogP contribution in [-0.2, 0) is 0 Å². The van der Waals surface area contributed by atoms with Crippen LogP contribution in [0, 0.1) is 6.92 Å². The van der Waals surface area contributed by atoms with Crippen LogP contribution in [0.3, 0.4) is 0 Å². The standard InChI is InChI=1S/C11H16N2O2S/c1-8-6-9(14)13-10(12-8)16-7-11(15)4-2-3-5-11/h6,15H,2-5,7H2,1H3,(H,12,13,14). The predicted octanol–water partition coefficient (Wildman–Crippen LogP) is 1.48. The van der Waals surface area contributed by atoms with E-state index in [4.69, 9.17) is 0 Å². The summed E-state index contributed by atoms with van der Waals surface area (Å²) < 4.78 is 0. The highest BCUT2D eigenvalue weighted by Crippen LogP contribution is 2.33. The molecular weight excluding hydrogens is 224 g/mol. The van der Waals surface area contributed by atoms with Gasteiger partial charge in [0, 0.05) is 17.5 Å². The average Bonchev–Trinajstić information content (AvgIpc) is 2.62. The number of hydrogen-bond donors (Lipinski definition) is 2. The van der Waals surface area contributed by atoms with Gasteiger partial charge in [-0.1, -0.05) is 24.6 Å². The zero-order chi connectivity index (χ0) is 11.6. The van der Waals surface area contributed by atoms with Crippen molar-refractivity contribution < 1.29 is 5.11 Å². The summed E-state index contributed by atoms with van der Waals surface area (Å²) in [5.41, 5.74) is 0.0190. The molecule has 1 saturated carbocycles. The molecule has 5 heteroatoms. The molecule has 0 unspecified atom stereocenters. The third kappa shape index (κ3) is 2.86. The van der Waals surface area contributed by atoms with Gasteiger partial charge in [-0.15, -0.1) is 0 Å². The van der Waals surface area contributed by atoms with Crippen LogP contribution in [0.5, 0.6) is 0 Å². The molecule has 0 radical (unpaired) electrons. The molecule has 1 aliphatic carbocycles. The van der Waals surface area contributed by atoms with Gasteiger partial charge in [-0.3, -0.25) is 4.79 Å². The number of aromatic nitrogens is 2. The first-order chi connectivity index (χ1) is 7.57. The van der Waals surface area contributed by atoms with Crippen LogP contribution in [0.25, 0.3) is 0 Å². The summed E-state index contributed by atoms with van der Waals surface area (Å²) in [5.74, 6) is 0.611. The van der Waals surface area contributed by atoms with Gasteiger partial charge >= 0.3 is 0 Å². The Morgan fingerprint density at radius 1 is 1.56 bits per heavy atom. The molecule has 2 rings (SSSR count). The fraction of sp³-hybridized carbons (Fsp3) is 0.636. The lowest BCUT2D eigenvalue weighted by atomic mass is 10.1. The second-order valence-corrected chi connectivity index (χ2v) is 5.38. The summed E-state index contributed by atoms with van der Waals surface area (Å²) in [6.45, 7) is 1.80. The molecule has 0 bridgehead atoms. The topological polar surface area (TPSA) is 66.0 Å². The third-order valence-corrected chi connectivity index (χ3v) is 4.01. The van der Waals surface area contributed by atoms with Crippen molar-refractivity contribution in [3.05, 3.63) is 22.1 Å². The van der Waals surface area contributed by atoms with E-state index in [0.29, 0.717) is 16.6 Å². The van der Waals surface area contributed by atoms with Crippen molar-refractivity contribution in [1.29, 1.82) is 0 Å². The minimum atomic E-state index is -0.563. The lowest BCUT2D eigenvalue weighted by Crippen LogP contribution is -2.27. The maximum absolute atomic E-state index is 11.2. The summed E-state index contributed by atoms with van der Waals surface area (Å²) in [5, 5.41) is 10.8. The lowest BCUT2D eigenvalue weighted by molar-refractivity contribution is 0.0732. The van der Waals surface area contributed by atoms with Gasteiger partial charge in [0.15, 0.2) is 5.16 Å². The summed E-state index contributed by atoms with van der Waals surface area (Å²) in [6, 6.07) is 1.47. The Bertz CT molecular complexity index is 424. The summed E-state index contributed by atoms with van der Waals surface area (Å²) in [6.07, 6.45) is 3.90. The highest BCUT2D eigenvalue weighted by molar-refractivity contribution is 7.99. The Hall–Kier alpha value is -0.810. The first-order valence-electron chi connectivity index (χ1n) is 5.51. The Balaban J connectivity index is 2.01. The fourth-order valence-electron chi connectivity index (χ4n) is 2.00. The summed E-state index contributed by atoms with van der Waals surface area (Å²) in [7, 11) is 0. The number of aromatic amines is 1. The van der Waals surface area contributed by atoms with Gasteiger partial charge in [0.25, 0.3) is 5.56 Å². The van der Waals surface area contributed by atoms with Gasteiger partial charge in [-0.05, 0) is 19.8 Å². The van der Waals surface area contributed by atoms with Gasteiger partial charge in [0.1, 0.15) is 0 Å². The second kappa shape index (κ2) is 4.59. The van der Waals surface area contributed by atoms with Gasteiger partial charge in [-0.2, -0.15) is 0 Å². The molecule has 0 spiro atoms. The second-order valence-electron chi connectivity index (χ2n) is 4.41. The minimum absolute atomic E-state index is 0.131. The van der Waals surface area contributed by atoms with E-state index in [1.807, 2.05) is 0 Å². The third-order valence-electron chi connectivity index (χ3n) is 2.86. The molecule has 88 valence electrons. The van der Waals surface area contributed by atoms with Gasteiger partial charge < -0.3 is 10.1 Å². The Morgan fingerprint density at radius 2 is 2.25 bits per heavy atom. The molecule has 1 aliphatic rings.